The Morgan fingerprint density at radius 1 is 0.194 bits per heavy atom. The van der Waals surface area contributed by atoms with Crippen LogP contribution in [0.2, 0.25) is 0 Å². The molecule has 56 nitrogen and oxygen atoms in total. The van der Waals surface area contributed by atoms with Gasteiger partial charge in [0.15, 0.2) is 6.10 Å². The van der Waals surface area contributed by atoms with Gasteiger partial charge in [-0.1, -0.05) is 171 Å². The molecule has 0 aliphatic heterocycles. The molecule has 0 aliphatic carbocycles. The second-order valence-corrected chi connectivity index (χ2v) is 31.8. The van der Waals surface area contributed by atoms with E-state index in [0.717, 1.165) is 19.3 Å². The number of hydrogen-bond acceptors (Lipinski definition) is 47. The first-order valence-corrected chi connectivity index (χ1v) is 46.1. The van der Waals surface area contributed by atoms with Gasteiger partial charge in [-0.15, -0.1) is 91.0 Å². The van der Waals surface area contributed by atoms with Crippen molar-refractivity contribution in [1.82, 2.24) is 0 Å². The van der Waals surface area contributed by atoms with Crippen molar-refractivity contribution in [2.24, 2.45) is 47.3 Å². The van der Waals surface area contributed by atoms with Gasteiger partial charge in [0.2, 0.25) is 0 Å². The molecule has 6 atom stereocenters. The van der Waals surface area contributed by atoms with Crippen LogP contribution < -0.4 is 0 Å². The lowest BCUT2D eigenvalue weighted by atomic mass is 10.1. The highest BCUT2D eigenvalue weighted by atomic mass is 17.0. The molecule has 0 amide bonds. The molecule has 0 saturated carbocycles. The molecule has 0 saturated heterocycles. The second-order valence-electron chi connectivity index (χ2n) is 31.8. The van der Waals surface area contributed by atoms with Crippen LogP contribution in [0.25, 0.3) is 0 Å². The Morgan fingerprint density at radius 2 is 0.403 bits per heavy atom. The molecule has 0 aromatic carbocycles. The molecule has 0 aromatic heterocycles. The van der Waals surface area contributed by atoms with Crippen molar-refractivity contribution in [3.63, 3.8) is 0 Å². The summed E-state index contributed by atoms with van der Waals surface area (Å²) in [5.74, 6) is -3.00. The highest BCUT2D eigenvalue weighted by molar-refractivity contribution is 5.74. The summed E-state index contributed by atoms with van der Waals surface area (Å²) in [6.45, 7) is 40.1. The Hall–Kier alpha value is -11.6. The number of carbonyl (C=O) groups excluding carboxylic acids is 8. The molecule has 0 radical (unpaired) electrons. The SMILES string of the molecule is CC(C)C(=O)OCCCC[C@H](CO[N+](=O)[O-])O[N+](=O)[O-].CC(C)C(=O)OCCCOC[C@@H](CO[N+](=O)[O-])O[N+](=O)[O-].CC(C)C(=O)OCCOCCO[N+](=O)[O-].CCC(CCCCOC(=O)C(C)C)O[N+](=O)[O-].CCC(COCCCOC(=O)C(C)C)O[N+](=O)[O-].CCCCCCCOC(=O)C(C)C.CC[C@@H](COCCCOC(=O)C(C)C)O[N+](=O)[O-].CC[C@H](CCCCOC(=O)C(C)C)O[N+](=O)[O-]. The lowest BCUT2D eigenvalue weighted by Gasteiger charge is -2.14. The van der Waals surface area contributed by atoms with E-state index in [1.807, 2.05) is 27.7 Å². The first kappa shape index (κ1) is 143. The van der Waals surface area contributed by atoms with Crippen LogP contribution in [0.1, 0.15) is 280 Å². The van der Waals surface area contributed by atoms with E-state index in [-0.39, 0.29) is 180 Å². The summed E-state index contributed by atoms with van der Waals surface area (Å²) in [6.07, 6.45) is 10.9. The predicted octanol–water partition coefficient (Wildman–Crippen LogP) is 12.9. The molecule has 0 aliphatic rings. The molecular formula is C83H157N9O47. The number of ether oxygens (including phenoxy) is 12. The van der Waals surface area contributed by atoms with E-state index in [1.165, 1.54) is 25.7 Å². The van der Waals surface area contributed by atoms with Crippen LogP contribution >= 0.6 is 0 Å². The first-order chi connectivity index (χ1) is 65.2. The summed E-state index contributed by atoms with van der Waals surface area (Å²) in [4.78, 5) is 217. The third-order valence-corrected chi connectivity index (χ3v) is 16.6. The molecule has 0 fully saturated rings. The van der Waals surface area contributed by atoms with Crippen LogP contribution in [0.15, 0.2) is 0 Å². The van der Waals surface area contributed by atoms with Gasteiger partial charge in [-0.05, 0) is 89.9 Å². The Balaban J connectivity index is -0.000000236. The quantitative estimate of drug-likeness (QED) is 0.0179. The summed E-state index contributed by atoms with van der Waals surface area (Å²) < 4.78 is 59.9. The summed E-state index contributed by atoms with van der Waals surface area (Å²) >= 11 is 0. The van der Waals surface area contributed by atoms with E-state index < -0.39 is 83.4 Å². The van der Waals surface area contributed by atoms with Gasteiger partial charge in [-0.2, -0.15) is 0 Å². The monoisotopic (exact) mass is 2030 g/mol. The van der Waals surface area contributed by atoms with Crippen molar-refractivity contribution < 1.29 is 185 Å². The molecule has 0 bridgehead atoms. The minimum absolute atomic E-state index is 0.00985. The predicted molar refractivity (Wildman–Crippen MR) is 485 cm³/mol. The Kier molecular flexibility index (Phi) is 101. The second kappa shape index (κ2) is 98.0. The molecule has 816 valence electrons. The normalized spacial score (nSPS) is 11.7. The zero-order valence-corrected chi connectivity index (χ0v) is 84.6. The van der Waals surface area contributed by atoms with Crippen LogP contribution in [0.3, 0.4) is 0 Å². The van der Waals surface area contributed by atoms with Crippen LogP contribution in [-0.2, 0) is 139 Å². The molecule has 0 heterocycles. The number of rotatable bonds is 76. The minimum Gasteiger partial charge on any atom is -0.465 e. The van der Waals surface area contributed by atoms with Gasteiger partial charge in [-0.25, -0.2) is 0 Å². The molecular weight excluding hydrogens is 1870 g/mol. The van der Waals surface area contributed by atoms with Crippen LogP contribution in [0, 0.1) is 138 Å². The number of carbonyl (C=O) groups is 8. The van der Waals surface area contributed by atoms with E-state index in [2.05, 4.69) is 50.5 Å². The molecule has 0 N–H and O–H groups in total. The highest BCUT2D eigenvalue weighted by Gasteiger charge is 2.22. The van der Waals surface area contributed by atoms with Crippen molar-refractivity contribution in [3.05, 3.63) is 91.0 Å². The zero-order chi connectivity index (χ0) is 108. The van der Waals surface area contributed by atoms with Gasteiger partial charge < -0.3 is 100 Å². The lowest BCUT2D eigenvalue weighted by molar-refractivity contribution is -0.790. The number of hydrogen-bond donors (Lipinski definition) is 0. The third-order valence-electron chi connectivity index (χ3n) is 16.6. The standard InChI is InChI=1S/2C11H21NO6.2C11H21NO5.C11H22O2.C10H18N2O9.C10H18N2O8.C8H15NO6/c2*1-4-10(18-12(14)15)8-16-6-5-7-17-11(13)9(2)3;2*1-4-10(17-12(14)15)7-5-6-8-16-11(13)9(2)3;1-4-5-6-7-8-9-13-11(12)10(2)3;1-8(2)10(13)19-5-3-4-18-6-9(21-12(16)17)7-20-11(14)15;1-8(2)10(13)18-6-4-3-5-9(20-12(16)17)7-19-11(14)15;1-7(2)8(10)14-5-3-13-4-6-15-9(11)12/h2*9-10H,4-8H2,1-3H3;2*9-10H,4-8H2,1-3H3;10H,4-9H2,1-3H3;8-9H,3-7H2,1-2H3;8-9H,3-7H2,1-2H3;7H,3-6H2,1-2H3/t10-;;10-;;;2*9-;/m0.1..01./s1. The largest absolute Gasteiger partial charge is 0.465 e. The van der Waals surface area contributed by atoms with Gasteiger partial charge >= 0.3 is 47.8 Å². The maximum absolute atomic E-state index is 11.1. The smallest absolute Gasteiger partial charge is 0.308 e. The zero-order valence-electron chi connectivity index (χ0n) is 84.6. The average molecular weight is 2030 g/mol. The molecule has 2 unspecified atom stereocenters. The van der Waals surface area contributed by atoms with E-state index in [4.69, 9.17) is 56.8 Å². The Morgan fingerprint density at radius 3 is 0.655 bits per heavy atom. The Labute approximate surface area is 810 Å². The van der Waals surface area contributed by atoms with Crippen molar-refractivity contribution >= 4 is 47.8 Å². The average Bonchev–Trinajstić information content (AvgIpc) is 1.03. The van der Waals surface area contributed by atoms with Crippen LogP contribution in [0.5, 0.6) is 0 Å². The maximum Gasteiger partial charge on any atom is 0.308 e. The van der Waals surface area contributed by atoms with Crippen LogP contribution in [0.4, 0.5) is 0 Å². The highest BCUT2D eigenvalue weighted by Crippen LogP contribution is 2.14. The maximum atomic E-state index is 11.1. The summed E-state index contributed by atoms with van der Waals surface area (Å²) in [6, 6.07) is 0. The number of unbranched alkanes of at least 4 members (excludes halogenated alkanes) is 7. The fourth-order valence-electron chi connectivity index (χ4n) is 8.67. The molecule has 0 spiro atoms. The number of nitrogens with zero attached hydrogens (tertiary/aromatic N) is 9. The molecule has 0 aromatic rings. The van der Waals surface area contributed by atoms with E-state index in [9.17, 15) is 129 Å². The first-order valence-electron chi connectivity index (χ1n) is 46.1. The molecule has 0 rings (SSSR count). The summed E-state index contributed by atoms with van der Waals surface area (Å²) in [5.41, 5.74) is 0. The Bertz CT molecular complexity index is 3130. The van der Waals surface area contributed by atoms with Gasteiger partial charge in [0, 0.05) is 39.1 Å². The van der Waals surface area contributed by atoms with Crippen molar-refractivity contribution in [2.45, 2.75) is 317 Å². The van der Waals surface area contributed by atoms with Crippen LogP contribution in [-0.4, -0.2) is 256 Å². The van der Waals surface area contributed by atoms with Gasteiger partial charge in [-0.3, -0.25) is 38.4 Å². The van der Waals surface area contributed by atoms with Gasteiger partial charge in [0.1, 0.15) is 56.9 Å². The van der Waals surface area contributed by atoms with Crippen molar-refractivity contribution in [3.8, 4) is 0 Å². The summed E-state index contributed by atoms with van der Waals surface area (Å²) in [5, 5.41) is 82.3. The fourth-order valence-corrected chi connectivity index (χ4v) is 8.67. The lowest BCUT2D eigenvalue weighted by Crippen LogP contribution is -2.29. The van der Waals surface area contributed by atoms with Crippen molar-refractivity contribution in [2.75, 3.05) is 126 Å². The fraction of sp³-hybridized carbons (Fsp3) is 0.904. The van der Waals surface area contributed by atoms with E-state index in [0.29, 0.717) is 130 Å². The van der Waals surface area contributed by atoms with E-state index >= 15 is 0 Å². The number of esters is 8. The van der Waals surface area contributed by atoms with Gasteiger partial charge in [0.05, 0.1) is 127 Å². The topological polar surface area (TPSA) is 719 Å². The summed E-state index contributed by atoms with van der Waals surface area (Å²) in [7, 11) is 0. The third kappa shape index (κ3) is 113. The molecule has 56 heteroatoms. The van der Waals surface area contributed by atoms with Gasteiger partial charge in [0.25, 0.3) is 45.8 Å². The molecule has 139 heavy (non-hydrogen) atoms. The van der Waals surface area contributed by atoms with E-state index in [1.54, 1.807) is 111 Å². The minimum atomic E-state index is -1.20. The van der Waals surface area contributed by atoms with Crippen molar-refractivity contribution in [1.29, 1.82) is 0 Å².